The van der Waals surface area contributed by atoms with Crippen molar-refractivity contribution in [3.05, 3.63) is 23.8 Å². The molecule has 0 aromatic carbocycles. The van der Waals surface area contributed by atoms with E-state index in [1.54, 1.807) is 0 Å². The molecule has 0 spiro atoms. The fourth-order valence-corrected chi connectivity index (χ4v) is 1.40. The van der Waals surface area contributed by atoms with Gasteiger partial charge in [-0.05, 0) is 31.3 Å². The molecule has 84 valence electrons. The molecule has 0 radical (unpaired) electrons. The smallest absolute Gasteiger partial charge is 0.306 e. The van der Waals surface area contributed by atoms with E-state index in [1.807, 2.05) is 12.2 Å². The number of esters is 1. The maximum atomic E-state index is 11.2. The normalized spacial score (nSPS) is 14.9. The second kappa shape index (κ2) is 7.23. The highest BCUT2D eigenvalue weighted by atomic mass is 16.5. The van der Waals surface area contributed by atoms with Gasteiger partial charge in [0.05, 0.1) is 0 Å². The first-order chi connectivity index (χ1) is 7.33. The van der Waals surface area contributed by atoms with Gasteiger partial charge in [0.25, 0.3) is 0 Å². The summed E-state index contributed by atoms with van der Waals surface area (Å²) in [6, 6.07) is 0. The van der Waals surface area contributed by atoms with Crippen LogP contribution >= 0.6 is 0 Å². The van der Waals surface area contributed by atoms with Crippen LogP contribution in [-0.4, -0.2) is 24.3 Å². The lowest BCUT2D eigenvalue weighted by atomic mass is 10.1. The van der Waals surface area contributed by atoms with E-state index in [0.717, 1.165) is 12.8 Å². The highest BCUT2D eigenvalue weighted by Gasteiger charge is 2.05. The summed E-state index contributed by atoms with van der Waals surface area (Å²) in [5, 5.41) is 8.54. The Morgan fingerprint density at radius 1 is 1.47 bits per heavy atom. The summed E-state index contributed by atoms with van der Waals surface area (Å²) in [4.78, 5) is 11.2. The minimum Gasteiger partial charge on any atom is -0.461 e. The first-order valence-corrected chi connectivity index (χ1v) is 5.44. The van der Waals surface area contributed by atoms with Crippen LogP contribution < -0.4 is 0 Å². The molecule has 1 N–H and O–H groups in total. The zero-order valence-electron chi connectivity index (χ0n) is 8.95. The minimum absolute atomic E-state index is 0.142. The molecule has 1 aliphatic carbocycles. The van der Waals surface area contributed by atoms with Crippen LogP contribution in [0.25, 0.3) is 0 Å². The van der Waals surface area contributed by atoms with Crippen molar-refractivity contribution in [2.45, 2.75) is 32.1 Å². The Bertz CT molecular complexity index is 254. The predicted octanol–water partition coefficient (Wildman–Crippen LogP) is 1.97. The molecular weight excluding hydrogens is 192 g/mol. The third kappa shape index (κ3) is 5.37. The summed E-state index contributed by atoms with van der Waals surface area (Å²) in [7, 11) is 0. The Kier molecular flexibility index (Phi) is 5.78. The van der Waals surface area contributed by atoms with Gasteiger partial charge in [-0.25, -0.2) is 0 Å². The van der Waals surface area contributed by atoms with Crippen molar-refractivity contribution in [3.8, 4) is 0 Å². The lowest BCUT2D eigenvalue weighted by Gasteiger charge is -2.09. The maximum absolute atomic E-state index is 11.2. The first kappa shape index (κ1) is 12.0. The average molecular weight is 210 g/mol. The molecule has 1 aliphatic rings. The molecule has 0 aromatic rings. The summed E-state index contributed by atoms with van der Waals surface area (Å²) >= 11 is 0. The molecule has 0 bridgehead atoms. The van der Waals surface area contributed by atoms with Crippen LogP contribution in [0, 0.1) is 0 Å². The van der Waals surface area contributed by atoms with Gasteiger partial charge in [-0.15, -0.1) is 0 Å². The van der Waals surface area contributed by atoms with Gasteiger partial charge in [-0.3, -0.25) is 4.79 Å². The molecule has 3 heteroatoms. The van der Waals surface area contributed by atoms with Gasteiger partial charge in [0.1, 0.15) is 6.61 Å². The number of aliphatic hydroxyl groups is 1. The van der Waals surface area contributed by atoms with E-state index >= 15 is 0 Å². The lowest BCUT2D eigenvalue weighted by Crippen LogP contribution is -2.08. The molecule has 0 heterocycles. The molecule has 0 saturated heterocycles. The number of allylic oxidation sites excluding steroid dienone is 3. The van der Waals surface area contributed by atoms with Crippen molar-refractivity contribution in [1.82, 2.24) is 0 Å². The van der Waals surface area contributed by atoms with Crippen molar-refractivity contribution < 1.29 is 14.6 Å². The van der Waals surface area contributed by atoms with Gasteiger partial charge in [0.2, 0.25) is 0 Å². The van der Waals surface area contributed by atoms with E-state index in [9.17, 15) is 4.79 Å². The van der Waals surface area contributed by atoms with Crippen LogP contribution in [0.4, 0.5) is 0 Å². The summed E-state index contributed by atoms with van der Waals surface area (Å²) in [5.41, 5.74) is 1.17. The molecule has 0 aliphatic heterocycles. The van der Waals surface area contributed by atoms with Crippen LogP contribution in [0.1, 0.15) is 32.1 Å². The molecule has 0 saturated carbocycles. The predicted molar refractivity (Wildman–Crippen MR) is 58.4 cm³/mol. The number of carbonyl (C=O) groups is 1. The van der Waals surface area contributed by atoms with Gasteiger partial charge in [0, 0.05) is 13.0 Å². The SMILES string of the molecule is O=C(CCCCO)OCC1=CC=CCC1. The molecule has 0 amide bonds. The fourth-order valence-electron chi connectivity index (χ4n) is 1.40. The topological polar surface area (TPSA) is 46.5 Å². The van der Waals surface area contributed by atoms with Crippen molar-refractivity contribution in [2.24, 2.45) is 0 Å². The summed E-state index contributed by atoms with van der Waals surface area (Å²) < 4.78 is 5.11. The van der Waals surface area contributed by atoms with Gasteiger partial charge in [0.15, 0.2) is 0 Å². The molecule has 0 aromatic heterocycles. The van der Waals surface area contributed by atoms with E-state index in [2.05, 4.69) is 6.08 Å². The largest absolute Gasteiger partial charge is 0.461 e. The molecule has 1 rings (SSSR count). The highest BCUT2D eigenvalue weighted by molar-refractivity contribution is 5.69. The Morgan fingerprint density at radius 3 is 3.00 bits per heavy atom. The molecule has 0 fully saturated rings. The Hall–Kier alpha value is -1.09. The second-order valence-corrected chi connectivity index (χ2v) is 3.63. The van der Waals surface area contributed by atoms with Gasteiger partial charge in [-0.2, -0.15) is 0 Å². The number of rotatable bonds is 6. The minimum atomic E-state index is -0.168. The van der Waals surface area contributed by atoms with Gasteiger partial charge >= 0.3 is 5.97 Å². The van der Waals surface area contributed by atoms with E-state index in [-0.39, 0.29) is 12.6 Å². The number of ether oxygens (including phenoxy) is 1. The summed E-state index contributed by atoms with van der Waals surface area (Å²) in [6.45, 7) is 0.561. The van der Waals surface area contributed by atoms with Crippen LogP contribution in [0.3, 0.4) is 0 Å². The summed E-state index contributed by atoms with van der Waals surface area (Å²) in [6.07, 6.45) is 9.91. The van der Waals surface area contributed by atoms with Gasteiger partial charge < -0.3 is 9.84 Å². The third-order valence-corrected chi connectivity index (χ3v) is 2.31. The first-order valence-electron chi connectivity index (χ1n) is 5.44. The van der Waals surface area contributed by atoms with Crippen LogP contribution in [0.15, 0.2) is 23.8 Å². The van der Waals surface area contributed by atoms with Crippen molar-refractivity contribution in [2.75, 3.05) is 13.2 Å². The number of hydrogen-bond acceptors (Lipinski definition) is 3. The Balaban J connectivity index is 2.10. The Labute approximate surface area is 90.4 Å². The highest BCUT2D eigenvalue weighted by Crippen LogP contribution is 2.12. The second-order valence-electron chi connectivity index (χ2n) is 3.63. The monoisotopic (exact) mass is 210 g/mol. The standard InChI is InChI=1S/C12H18O3/c13-9-5-4-8-12(14)15-10-11-6-2-1-3-7-11/h1-2,6,13H,3-5,7-10H2. The van der Waals surface area contributed by atoms with Gasteiger partial charge in [-0.1, -0.05) is 18.2 Å². The Morgan fingerprint density at radius 2 is 2.33 bits per heavy atom. The summed E-state index contributed by atoms with van der Waals surface area (Å²) in [5.74, 6) is -0.168. The molecule has 3 nitrogen and oxygen atoms in total. The molecule has 15 heavy (non-hydrogen) atoms. The average Bonchev–Trinajstić information content (AvgIpc) is 2.28. The van der Waals surface area contributed by atoms with Crippen molar-refractivity contribution in [3.63, 3.8) is 0 Å². The van der Waals surface area contributed by atoms with Crippen LogP contribution in [-0.2, 0) is 9.53 Å². The number of aliphatic hydroxyl groups excluding tert-OH is 1. The van der Waals surface area contributed by atoms with Crippen molar-refractivity contribution in [1.29, 1.82) is 0 Å². The lowest BCUT2D eigenvalue weighted by molar-refractivity contribution is -0.142. The number of hydrogen-bond donors (Lipinski definition) is 1. The number of carbonyl (C=O) groups excluding carboxylic acids is 1. The van der Waals surface area contributed by atoms with Crippen LogP contribution in [0.2, 0.25) is 0 Å². The maximum Gasteiger partial charge on any atom is 0.306 e. The third-order valence-electron chi connectivity index (χ3n) is 2.31. The fraction of sp³-hybridized carbons (Fsp3) is 0.583. The van der Waals surface area contributed by atoms with E-state index in [0.29, 0.717) is 25.9 Å². The molecular formula is C12H18O3. The quantitative estimate of drug-likeness (QED) is 0.538. The van der Waals surface area contributed by atoms with E-state index < -0.39 is 0 Å². The van der Waals surface area contributed by atoms with Crippen molar-refractivity contribution >= 4 is 5.97 Å². The number of unbranched alkanes of at least 4 members (excludes halogenated alkanes) is 1. The van der Waals surface area contributed by atoms with E-state index in [4.69, 9.17) is 9.84 Å². The van der Waals surface area contributed by atoms with E-state index in [1.165, 1.54) is 5.57 Å². The molecule has 0 unspecified atom stereocenters. The zero-order chi connectivity index (χ0) is 10.9. The van der Waals surface area contributed by atoms with Crippen LogP contribution in [0.5, 0.6) is 0 Å². The zero-order valence-corrected chi connectivity index (χ0v) is 8.95. The molecule has 0 atom stereocenters.